The van der Waals surface area contributed by atoms with E-state index >= 15 is 0 Å². The summed E-state index contributed by atoms with van der Waals surface area (Å²) in [6.07, 6.45) is 0. The highest BCUT2D eigenvalue weighted by Crippen LogP contribution is 2.33. The van der Waals surface area contributed by atoms with E-state index in [4.69, 9.17) is 14.0 Å². The van der Waals surface area contributed by atoms with Crippen LogP contribution in [0.4, 0.5) is 8.78 Å². The number of nitrogens with zero attached hydrogens (tertiary/aromatic N) is 2. The molecule has 1 aliphatic heterocycles. The second-order valence-electron chi connectivity index (χ2n) is 8.34. The van der Waals surface area contributed by atoms with Crippen LogP contribution in [-0.2, 0) is 19.6 Å². The molecule has 0 spiro atoms. The molecule has 3 aromatic carbocycles. The van der Waals surface area contributed by atoms with Crippen LogP contribution < -0.4 is 14.8 Å². The molecule has 0 atom stereocenters. The van der Waals surface area contributed by atoms with Crippen molar-refractivity contribution in [1.29, 1.82) is 0 Å². The molecule has 2 amide bonds. The molecule has 37 heavy (non-hydrogen) atoms. The van der Waals surface area contributed by atoms with Crippen LogP contribution in [0.2, 0.25) is 0 Å². The molecule has 5 rings (SSSR count). The molecule has 2 heterocycles. The van der Waals surface area contributed by atoms with Gasteiger partial charge in [-0.25, -0.2) is 8.78 Å². The zero-order valence-corrected chi connectivity index (χ0v) is 19.4. The fourth-order valence-corrected chi connectivity index (χ4v) is 3.79. The van der Waals surface area contributed by atoms with E-state index in [0.29, 0.717) is 17.1 Å². The molecule has 0 radical (unpaired) electrons. The van der Waals surface area contributed by atoms with Crippen molar-refractivity contribution in [2.24, 2.45) is 0 Å². The lowest BCUT2D eigenvalue weighted by atomic mass is 10.1. The zero-order valence-electron chi connectivity index (χ0n) is 19.4. The van der Waals surface area contributed by atoms with Crippen LogP contribution in [0.15, 0.2) is 77.3 Å². The number of benzene rings is 3. The number of aromatic nitrogens is 1. The number of carbonyl (C=O) groups excluding carboxylic acids is 2. The molecule has 1 N–H and O–H groups in total. The van der Waals surface area contributed by atoms with Gasteiger partial charge in [-0.2, -0.15) is 0 Å². The van der Waals surface area contributed by atoms with E-state index in [2.05, 4.69) is 10.5 Å². The smallest absolute Gasteiger partial charge is 0.273 e. The van der Waals surface area contributed by atoms with E-state index in [1.165, 1.54) is 47.4 Å². The van der Waals surface area contributed by atoms with Gasteiger partial charge in [0, 0.05) is 24.7 Å². The maximum Gasteiger partial charge on any atom is 0.273 e. The van der Waals surface area contributed by atoms with Crippen LogP contribution >= 0.6 is 0 Å². The van der Waals surface area contributed by atoms with Gasteiger partial charge in [-0.15, -0.1) is 0 Å². The van der Waals surface area contributed by atoms with Crippen molar-refractivity contribution in [3.05, 3.63) is 113 Å². The van der Waals surface area contributed by atoms with Crippen molar-refractivity contribution >= 4 is 11.8 Å². The van der Waals surface area contributed by atoms with Crippen LogP contribution in [0.3, 0.4) is 0 Å². The lowest BCUT2D eigenvalue weighted by Crippen LogP contribution is -2.30. The number of rotatable bonds is 8. The van der Waals surface area contributed by atoms with Crippen molar-refractivity contribution in [2.75, 3.05) is 6.79 Å². The van der Waals surface area contributed by atoms with Crippen LogP contribution in [-0.4, -0.2) is 28.7 Å². The SMILES string of the molecule is O=C(NCc1ccc(F)cc1)c1cc(CN(Cc2ccc3c(c2)OCO3)C(=O)c2ccc(F)cc2)on1. The minimum Gasteiger partial charge on any atom is -0.454 e. The highest BCUT2D eigenvalue weighted by molar-refractivity contribution is 5.94. The quantitative estimate of drug-likeness (QED) is 0.380. The van der Waals surface area contributed by atoms with Gasteiger partial charge in [0.2, 0.25) is 6.79 Å². The molecule has 0 fully saturated rings. The summed E-state index contributed by atoms with van der Waals surface area (Å²) in [6, 6.07) is 17.8. The third-order valence-electron chi connectivity index (χ3n) is 5.69. The Morgan fingerprint density at radius 3 is 2.27 bits per heavy atom. The molecule has 8 nitrogen and oxygen atoms in total. The average Bonchev–Trinajstić information content (AvgIpc) is 3.57. The van der Waals surface area contributed by atoms with Gasteiger partial charge in [0.05, 0.1) is 6.54 Å². The van der Waals surface area contributed by atoms with Gasteiger partial charge in [-0.1, -0.05) is 23.4 Å². The molecule has 1 aliphatic rings. The molecule has 0 unspecified atom stereocenters. The van der Waals surface area contributed by atoms with Crippen molar-refractivity contribution in [3.63, 3.8) is 0 Å². The third-order valence-corrected chi connectivity index (χ3v) is 5.69. The minimum absolute atomic E-state index is 0.00287. The molecule has 0 bridgehead atoms. The van der Waals surface area contributed by atoms with Gasteiger partial charge in [0.15, 0.2) is 23.0 Å². The molecular formula is C27H21F2N3O5. The Kier molecular flexibility index (Phi) is 6.80. The Hall–Kier alpha value is -4.73. The first kappa shape index (κ1) is 24.0. The molecule has 0 saturated heterocycles. The summed E-state index contributed by atoms with van der Waals surface area (Å²) in [7, 11) is 0. The Bertz CT molecular complexity index is 1420. The summed E-state index contributed by atoms with van der Waals surface area (Å²) in [5.41, 5.74) is 1.82. The van der Waals surface area contributed by atoms with Crippen LogP contribution in [0.1, 0.15) is 37.7 Å². The fourth-order valence-electron chi connectivity index (χ4n) is 3.79. The number of hydrogen-bond donors (Lipinski definition) is 1. The predicted molar refractivity (Wildman–Crippen MR) is 127 cm³/mol. The highest BCUT2D eigenvalue weighted by Gasteiger charge is 2.22. The largest absolute Gasteiger partial charge is 0.454 e. The summed E-state index contributed by atoms with van der Waals surface area (Å²) in [4.78, 5) is 27.3. The maximum atomic E-state index is 13.4. The monoisotopic (exact) mass is 505 g/mol. The number of fused-ring (bicyclic) bond motifs is 1. The van der Waals surface area contributed by atoms with E-state index in [0.717, 1.165) is 11.1 Å². The number of ether oxygens (including phenoxy) is 2. The summed E-state index contributed by atoms with van der Waals surface area (Å²) >= 11 is 0. The number of halogens is 2. The van der Waals surface area contributed by atoms with E-state index in [-0.39, 0.29) is 49.6 Å². The van der Waals surface area contributed by atoms with Crippen molar-refractivity contribution < 1.29 is 32.4 Å². The van der Waals surface area contributed by atoms with E-state index in [9.17, 15) is 18.4 Å². The topological polar surface area (TPSA) is 93.9 Å². The Balaban J connectivity index is 1.31. The number of amides is 2. The fraction of sp³-hybridized carbons (Fsp3) is 0.148. The van der Waals surface area contributed by atoms with Crippen molar-refractivity contribution in [3.8, 4) is 11.5 Å². The normalized spacial score (nSPS) is 11.8. The van der Waals surface area contributed by atoms with E-state index in [1.807, 2.05) is 6.07 Å². The van der Waals surface area contributed by atoms with Gasteiger partial charge >= 0.3 is 0 Å². The first-order valence-corrected chi connectivity index (χ1v) is 11.4. The second-order valence-corrected chi connectivity index (χ2v) is 8.34. The van der Waals surface area contributed by atoms with Gasteiger partial charge in [0.25, 0.3) is 11.8 Å². The number of nitrogens with one attached hydrogen (secondary N) is 1. The molecular weight excluding hydrogens is 484 g/mol. The summed E-state index contributed by atoms with van der Waals surface area (Å²) in [5, 5.41) is 6.52. The first-order chi connectivity index (χ1) is 17.9. The zero-order chi connectivity index (χ0) is 25.8. The standard InChI is InChI=1S/C27H21F2N3O5/c28-20-6-1-17(2-7-20)13-30-26(33)23-12-22(37-31-23)15-32(27(34)19-4-8-21(29)9-5-19)14-18-3-10-24-25(11-18)36-16-35-24/h1-12H,13-16H2,(H,30,33). The maximum absolute atomic E-state index is 13.4. The predicted octanol–water partition coefficient (Wildman–Crippen LogP) is 4.45. The van der Waals surface area contributed by atoms with Gasteiger partial charge in [0.1, 0.15) is 11.6 Å². The lowest BCUT2D eigenvalue weighted by Gasteiger charge is -2.22. The van der Waals surface area contributed by atoms with Gasteiger partial charge in [-0.3, -0.25) is 9.59 Å². The van der Waals surface area contributed by atoms with E-state index < -0.39 is 11.7 Å². The molecule has 10 heteroatoms. The molecule has 188 valence electrons. The molecule has 0 aliphatic carbocycles. The first-order valence-electron chi connectivity index (χ1n) is 11.4. The van der Waals surface area contributed by atoms with Gasteiger partial charge < -0.3 is 24.2 Å². The van der Waals surface area contributed by atoms with Crippen LogP contribution in [0.25, 0.3) is 0 Å². The molecule has 0 saturated carbocycles. The Morgan fingerprint density at radius 1 is 0.838 bits per heavy atom. The highest BCUT2D eigenvalue weighted by atomic mass is 19.1. The molecule has 1 aromatic heterocycles. The lowest BCUT2D eigenvalue weighted by molar-refractivity contribution is 0.0712. The summed E-state index contributed by atoms with van der Waals surface area (Å²) < 4.78 is 42.6. The Morgan fingerprint density at radius 2 is 1.51 bits per heavy atom. The van der Waals surface area contributed by atoms with Crippen LogP contribution in [0.5, 0.6) is 11.5 Å². The average molecular weight is 505 g/mol. The van der Waals surface area contributed by atoms with Crippen molar-refractivity contribution in [2.45, 2.75) is 19.6 Å². The number of carbonyl (C=O) groups is 2. The van der Waals surface area contributed by atoms with Crippen LogP contribution in [0, 0.1) is 11.6 Å². The summed E-state index contributed by atoms with van der Waals surface area (Å²) in [6.45, 7) is 0.490. The second kappa shape index (κ2) is 10.5. The van der Waals surface area contributed by atoms with Crippen molar-refractivity contribution in [1.82, 2.24) is 15.4 Å². The Labute approximate surface area is 210 Å². The minimum atomic E-state index is -0.480. The van der Waals surface area contributed by atoms with E-state index in [1.54, 1.807) is 24.3 Å². The van der Waals surface area contributed by atoms with Gasteiger partial charge in [-0.05, 0) is 59.7 Å². The summed E-state index contributed by atoms with van der Waals surface area (Å²) in [5.74, 6) is -0.189. The molecule has 4 aromatic rings. The number of hydrogen-bond acceptors (Lipinski definition) is 6. The third kappa shape index (κ3) is 5.75.